The Hall–Kier alpha value is -2.37. The molecule has 1 aromatic carbocycles. The zero-order chi connectivity index (χ0) is 14.4. The third-order valence-corrected chi connectivity index (χ3v) is 2.68. The maximum atomic E-state index is 5.14. The van der Waals surface area contributed by atoms with Crippen molar-refractivity contribution in [2.75, 3.05) is 26.1 Å². The number of anilines is 1. The standard InChI is InChI=1S/C14H18N4O2/c1-4-9-15-13-16-12(17-14(18-13)20-3)10-5-7-11(19-2)8-6-10/h5-8H,4,9H2,1-3H3,(H,15,16,17,18). The summed E-state index contributed by atoms with van der Waals surface area (Å²) in [4.78, 5) is 12.8. The zero-order valence-electron chi connectivity index (χ0n) is 11.9. The van der Waals surface area contributed by atoms with Gasteiger partial charge in [-0.3, -0.25) is 0 Å². The molecule has 106 valence electrons. The molecule has 0 amide bonds. The van der Waals surface area contributed by atoms with Gasteiger partial charge in [-0.1, -0.05) is 6.92 Å². The van der Waals surface area contributed by atoms with E-state index in [4.69, 9.17) is 9.47 Å². The van der Waals surface area contributed by atoms with Crippen LogP contribution in [0.5, 0.6) is 11.8 Å². The third kappa shape index (κ3) is 3.34. The molecule has 0 fully saturated rings. The fourth-order valence-electron chi connectivity index (χ4n) is 1.63. The molecule has 0 unspecified atom stereocenters. The molecular weight excluding hydrogens is 256 g/mol. The van der Waals surface area contributed by atoms with E-state index >= 15 is 0 Å². The SMILES string of the molecule is CCCNc1nc(OC)nc(-c2ccc(OC)cc2)n1. The molecule has 1 heterocycles. The van der Waals surface area contributed by atoms with Crippen molar-refractivity contribution in [3.05, 3.63) is 24.3 Å². The second-order valence-electron chi connectivity index (χ2n) is 4.12. The number of methoxy groups -OCH3 is 2. The first kappa shape index (κ1) is 14.0. The Morgan fingerprint density at radius 1 is 1.00 bits per heavy atom. The Bertz CT molecular complexity index is 558. The predicted octanol–water partition coefficient (Wildman–Crippen LogP) is 2.38. The second-order valence-corrected chi connectivity index (χ2v) is 4.12. The van der Waals surface area contributed by atoms with Gasteiger partial charge in [0.15, 0.2) is 5.82 Å². The highest BCUT2D eigenvalue weighted by Gasteiger charge is 2.08. The van der Waals surface area contributed by atoms with Gasteiger partial charge in [0.25, 0.3) is 0 Å². The van der Waals surface area contributed by atoms with Crippen LogP contribution in [0, 0.1) is 0 Å². The number of hydrogen-bond donors (Lipinski definition) is 1. The third-order valence-electron chi connectivity index (χ3n) is 2.68. The van der Waals surface area contributed by atoms with Crippen LogP contribution in [0.4, 0.5) is 5.95 Å². The maximum Gasteiger partial charge on any atom is 0.321 e. The van der Waals surface area contributed by atoms with Gasteiger partial charge in [0.1, 0.15) is 5.75 Å². The Labute approximate surface area is 118 Å². The molecule has 6 heteroatoms. The quantitative estimate of drug-likeness (QED) is 0.872. The van der Waals surface area contributed by atoms with Gasteiger partial charge in [-0.25, -0.2) is 0 Å². The molecule has 0 aliphatic carbocycles. The normalized spacial score (nSPS) is 10.2. The van der Waals surface area contributed by atoms with Crippen LogP contribution in [-0.2, 0) is 0 Å². The largest absolute Gasteiger partial charge is 0.497 e. The molecule has 0 atom stereocenters. The molecule has 1 N–H and O–H groups in total. The smallest absolute Gasteiger partial charge is 0.321 e. The number of ether oxygens (including phenoxy) is 2. The van der Waals surface area contributed by atoms with Gasteiger partial charge in [0, 0.05) is 12.1 Å². The van der Waals surface area contributed by atoms with Gasteiger partial charge in [0.05, 0.1) is 14.2 Å². The number of nitrogens with zero attached hydrogens (tertiary/aromatic N) is 3. The van der Waals surface area contributed by atoms with E-state index < -0.39 is 0 Å². The van der Waals surface area contributed by atoms with Gasteiger partial charge in [-0.2, -0.15) is 15.0 Å². The Morgan fingerprint density at radius 2 is 1.75 bits per heavy atom. The van der Waals surface area contributed by atoms with Crippen molar-refractivity contribution in [2.24, 2.45) is 0 Å². The molecule has 6 nitrogen and oxygen atoms in total. The minimum atomic E-state index is 0.296. The van der Waals surface area contributed by atoms with E-state index in [1.165, 1.54) is 7.11 Å². The number of rotatable bonds is 6. The minimum absolute atomic E-state index is 0.296. The van der Waals surface area contributed by atoms with E-state index in [9.17, 15) is 0 Å². The van der Waals surface area contributed by atoms with Crippen LogP contribution in [0.2, 0.25) is 0 Å². The second kappa shape index (κ2) is 6.70. The highest BCUT2D eigenvalue weighted by atomic mass is 16.5. The fourth-order valence-corrected chi connectivity index (χ4v) is 1.63. The molecule has 2 rings (SSSR count). The van der Waals surface area contributed by atoms with Crippen molar-refractivity contribution in [3.8, 4) is 23.1 Å². The highest BCUT2D eigenvalue weighted by molar-refractivity contribution is 5.57. The van der Waals surface area contributed by atoms with Crippen LogP contribution < -0.4 is 14.8 Å². The minimum Gasteiger partial charge on any atom is -0.497 e. The average Bonchev–Trinajstić information content (AvgIpc) is 2.52. The van der Waals surface area contributed by atoms with Crippen LogP contribution >= 0.6 is 0 Å². The van der Waals surface area contributed by atoms with Crippen LogP contribution in [0.1, 0.15) is 13.3 Å². The van der Waals surface area contributed by atoms with Gasteiger partial charge in [0.2, 0.25) is 5.95 Å². The summed E-state index contributed by atoms with van der Waals surface area (Å²) in [6.07, 6.45) is 0.992. The average molecular weight is 274 g/mol. The molecular formula is C14H18N4O2. The molecule has 0 saturated carbocycles. The topological polar surface area (TPSA) is 69.2 Å². The summed E-state index contributed by atoms with van der Waals surface area (Å²) in [5.74, 6) is 1.88. The van der Waals surface area contributed by atoms with Crippen LogP contribution in [0.15, 0.2) is 24.3 Å². The molecule has 0 bridgehead atoms. The monoisotopic (exact) mass is 274 g/mol. The summed E-state index contributed by atoms with van der Waals surface area (Å²) >= 11 is 0. The van der Waals surface area contributed by atoms with Crippen molar-refractivity contribution in [2.45, 2.75) is 13.3 Å². The van der Waals surface area contributed by atoms with Crippen molar-refractivity contribution in [1.29, 1.82) is 0 Å². The van der Waals surface area contributed by atoms with E-state index in [0.717, 1.165) is 24.3 Å². The van der Waals surface area contributed by atoms with Gasteiger partial charge < -0.3 is 14.8 Å². The summed E-state index contributed by atoms with van der Waals surface area (Å²) in [6, 6.07) is 7.83. The first-order valence-electron chi connectivity index (χ1n) is 6.45. The summed E-state index contributed by atoms with van der Waals surface area (Å²) in [5, 5.41) is 3.13. The predicted molar refractivity (Wildman–Crippen MR) is 77.1 cm³/mol. The lowest BCUT2D eigenvalue weighted by Crippen LogP contribution is -2.07. The van der Waals surface area contributed by atoms with Crippen molar-refractivity contribution >= 4 is 5.95 Å². The maximum absolute atomic E-state index is 5.14. The summed E-state index contributed by atoms with van der Waals surface area (Å²) in [7, 11) is 3.17. The van der Waals surface area contributed by atoms with Crippen LogP contribution in [0.3, 0.4) is 0 Å². The van der Waals surface area contributed by atoms with Crippen molar-refractivity contribution in [1.82, 2.24) is 15.0 Å². The van der Waals surface area contributed by atoms with Crippen LogP contribution in [-0.4, -0.2) is 35.7 Å². The van der Waals surface area contributed by atoms with Crippen LogP contribution in [0.25, 0.3) is 11.4 Å². The Kier molecular flexibility index (Phi) is 4.70. The van der Waals surface area contributed by atoms with Gasteiger partial charge >= 0.3 is 6.01 Å². The molecule has 0 aliphatic rings. The lowest BCUT2D eigenvalue weighted by Gasteiger charge is -2.08. The van der Waals surface area contributed by atoms with E-state index in [1.54, 1.807) is 7.11 Å². The molecule has 20 heavy (non-hydrogen) atoms. The zero-order valence-corrected chi connectivity index (χ0v) is 11.9. The van der Waals surface area contributed by atoms with Gasteiger partial charge in [-0.15, -0.1) is 0 Å². The molecule has 2 aromatic rings. The summed E-state index contributed by atoms with van der Waals surface area (Å²) in [6.45, 7) is 2.88. The first-order chi connectivity index (χ1) is 9.76. The summed E-state index contributed by atoms with van der Waals surface area (Å²) < 4.78 is 10.3. The molecule has 1 aromatic heterocycles. The first-order valence-corrected chi connectivity index (χ1v) is 6.45. The molecule has 0 radical (unpaired) electrons. The molecule has 0 spiro atoms. The Balaban J connectivity index is 2.33. The molecule has 0 aliphatic heterocycles. The van der Waals surface area contributed by atoms with Gasteiger partial charge in [-0.05, 0) is 30.7 Å². The number of hydrogen-bond acceptors (Lipinski definition) is 6. The summed E-state index contributed by atoms with van der Waals surface area (Å²) in [5.41, 5.74) is 0.881. The van der Waals surface area contributed by atoms with Crippen molar-refractivity contribution in [3.63, 3.8) is 0 Å². The van der Waals surface area contributed by atoms with E-state index in [2.05, 4.69) is 27.2 Å². The van der Waals surface area contributed by atoms with Crippen molar-refractivity contribution < 1.29 is 9.47 Å². The number of nitrogens with one attached hydrogen (secondary N) is 1. The highest BCUT2D eigenvalue weighted by Crippen LogP contribution is 2.21. The fraction of sp³-hybridized carbons (Fsp3) is 0.357. The number of aromatic nitrogens is 3. The lowest BCUT2D eigenvalue weighted by atomic mass is 10.2. The van der Waals surface area contributed by atoms with E-state index in [-0.39, 0.29) is 0 Å². The van der Waals surface area contributed by atoms with E-state index in [0.29, 0.717) is 17.8 Å². The Morgan fingerprint density at radius 3 is 2.35 bits per heavy atom. The van der Waals surface area contributed by atoms with E-state index in [1.807, 2.05) is 24.3 Å². The lowest BCUT2D eigenvalue weighted by molar-refractivity contribution is 0.379. The number of benzene rings is 1. The molecule has 0 saturated heterocycles.